The minimum Gasteiger partial charge on any atom is -0.290 e. The van der Waals surface area contributed by atoms with Gasteiger partial charge in [-0.3, -0.25) is 9.59 Å². The highest BCUT2D eigenvalue weighted by Crippen LogP contribution is 2.63. The number of rotatable bonds is 1. The van der Waals surface area contributed by atoms with Crippen molar-refractivity contribution < 1.29 is 9.59 Å². The van der Waals surface area contributed by atoms with Gasteiger partial charge in [0, 0.05) is 16.6 Å². The Kier molecular flexibility index (Phi) is 2.25. The first-order valence-corrected chi connectivity index (χ1v) is 7.55. The van der Waals surface area contributed by atoms with Crippen LogP contribution in [0.25, 0.3) is 0 Å². The largest absolute Gasteiger partial charge is 0.290 e. The zero-order valence-corrected chi connectivity index (χ0v) is 11.4. The number of carbonyl (C=O) groups excluding carboxylic acids is 2. The molecule has 100 valence electrons. The molecule has 0 spiro atoms. The van der Waals surface area contributed by atoms with E-state index < -0.39 is 0 Å². The lowest BCUT2D eigenvalue weighted by atomic mass is 9.47. The van der Waals surface area contributed by atoms with Crippen LogP contribution in [0.15, 0.2) is 23.3 Å². The molecule has 0 N–H and O–H groups in total. The van der Waals surface area contributed by atoms with Gasteiger partial charge in [0.15, 0.2) is 11.6 Å². The quantitative estimate of drug-likeness (QED) is 0.675. The number of hydrogen-bond acceptors (Lipinski definition) is 2. The molecule has 0 aromatic heterocycles. The Bertz CT molecular complexity index is 500. The average molecular weight is 256 g/mol. The van der Waals surface area contributed by atoms with Gasteiger partial charge in [0.25, 0.3) is 0 Å². The van der Waals surface area contributed by atoms with E-state index in [-0.39, 0.29) is 17.0 Å². The molecule has 0 aliphatic heterocycles. The van der Waals surface area contributed by atoms with Crippen LogP contribution >= 0.6 is 0 Å². The summed E-state index contributed by atoms with van der Waals surface area (Å²) in [4.78, 5) is 24.3. The van der Waals surface area contributed by atoms with Crippen molar-refractivity contribution in [3.63, 3.8) is 0 Å². The molecule has 5 rings (SSSR count). The lowest BCUT2D eigenvalue weighted by Crippen LogP contribution is -2.48. The number of ketones is 2. The van der Waals surface area contributed by atoms with Crippen molar-refractivity contribution in [2.24, 2.45) is 23.2 Å². The highest BCUT2D eigenvalue weighted by molar-refractivity contribution is 6.20. The van der Waals surface area contributed by atoms with Gasteiger partial charge in [-0.05, 0) is 75.4 Å². The van der Waals surface area contributed by atoms with E-state index in [9.17, 15) is 9.59 Å². The first-order valence-electron chi connectivity index (χ1n) is 7.55. The first kappa shape index (κ1) is 11.6. The predicted octanol–water partition coefficient (Wildman–Crippen LogP) is 3.23. The zero-order valence-electron chi connectivity index (χ0n) is 11.4. The molecule has 0 amide bonds. The summed E-state index contributed by atoms with van der Waals surface area (Å²) in [5, 5.41) is 0. The van der Waals surface area contributed by atoms with Crippen LogP contribution < -0.4 is 0 Å². The third kappa shape index (κ3) is 1.62. The fourth-order valence-corrected chi connectivity index (χ4v) is 5.52. The van der Waals surface area contributed by atoms with Crippen LogP contribution in [0.5, 0.6) is 0 Å². The highest BCUT2D eigenvalue weighted by atomic mass is 16.1. The summed E-state index contributed by atoms with van der Waals surface area (Å²) < 4.78 is 0. The molecule has 0 atom stereocenters. The molecule has 0 heterocycles. The molecule has 5 aliphatic carbocycles. The van der Waals surface area contributed by atoms with E-state index in [1.807, 2.05) is 0 Å². The molecule has 2 heteroatoms. The lowest BCUT2D eigenvalue weighted by molar-refractivity contribution is -0.118. The summed E-state index contributed by atoms with van der Waals surface area (Å²) in [6, 6.07) is 0. The Morgan fingerprint density at radius 3 is 1.95 bits per heavy atom. The molecule has 4 bridgehead atoms. The van der Waals surface area contributed by atoms with Gasteiger partial charge >= 0.3 is 0 Å². The Hall–Kier alpha value is -1.18. The zero-order chi connectivity index (χ0) is 13.2. The Labute approximate surface area is 113 Å². The van der Waals surface area contributed by atoms with Crippen molar-refractivity contribution in [3.05, 3.63) is 23.3 Å². The second kappa shape index (κ2) is 3.68. The van der Waals surface area contributed by atoms with Crippen LogP contribution in [0.4, 0.5) is 0 Å². The Balaban J connectivity index is 1.74. The Morgan fingerprint density at radius 2 is 1.42 bits per heavy atom. The second-order valence-corrected chi connectivity index (χ2v) is 7.31. The maximum absolute atomic E-state index is 12.4. The SMILES string of the molecule is CC1=CC(=O)C(C23CC4CC(CC(C4)C2)C3)=CC1=O. The summed E-state index contributed by atoms with van der Waals surface area (Å²) in [7, 11) is 0. The summed E-state index contributed by atoms with van der Waals surface area (Å²) in [6.07, 6.45) is 10.8. The number of allylic oxidation sites excluding steroid dienone is 4. The molecule has 5 aliphatic rings. The lowest BCUT2D eigenvalue weighted by Gasteiger charge is -2.57. The van der Waals surface area contributed by atoms with Gasteiger partial charge in [-0.1, -0.05) is 0 Å². The summed E-state index contributed by atoms with van der Waals surface area (Å²) in [5.74, 6) is 2.58. The smallest absolute Gasteiger partial charge is 0.182 e. The molecule has 0 radical (unpaired) electrons. The van der Waals surface area contributed by atoms with Crippen LogP contribution in [0.2, 0.25) is 0 Å². The number of hydrogen-bond donors (Lipinski definition) is 0. The molecule has 2 nitrogen and oxygen atoms in total. The van der Waals surface area contributed by atoms with E-state index in [0.29, 0.717) is 5.57 Å². The van der Waals surface area contributed by atoms with Crippen LogP contribution in [-0.2, 0) is 9.59 Å². The minimum absolute atomic E-state index is 0.0466. The fourth-order valence-electron chi connectivity index (χ4n) is 5.52. The van der Waals surface area contributed by atoms with Crippen molar-refractivity contribution in [2.75, 3.05) is 0 Å². The molecule has 0 saturated heterocycles. The van der Waals surface area contributed by atoms with Crippen LogP contribution in [0.1, 0.15) is 45.4 Å². The van der Waals surface area contributed by atoms with E-state index in [1.54, 1.807) is 19.1 Å². The van der Waals surface area contributed by atoms with Gasteiger partial charge in [-0.25, -0.2) is 0 Å². The van der Waals surface area contributed by atoms with Crippen LogP contribution in [0, 0.1) is 23.2 Å². The van der Waals surface area contributed by atoms with E-state index in [4.69, 9.17) is 0 Å². The van der Waals surface area contributed by atoms with Gasteiger partial charge in [-0.15, -0.1) is 0 Å². The van der Waals surface area contributed by atoms with Crippen molar-refractivity contribution in [1.82, 2.24) is 0 Å². The molecule has 19 heavy (non-hydrogen) atoms. The molecule has 0 aromatic rings. The third-order valence-corrected chi connectivity index (χ3v) is 5.89. The van der Waals surface area contributed by atoms with E-state index >= 15 is 0 Å². The Morgan fingerprint density at radius 1 is 0.895 bits per heavy atom. The summed E-state index contributed by atoms with van der Waals surface area (Å²) >= 11 is 0. The van der Waals surface area contributed by atoms with Crippen molar-refractivity contribution in [1.29, 1.82) is 0 Å². The van der Waals surface area contributed by atoms with E-state index in [0.717, 1.165) is 42.6 Å². The summed E-state index contributed by atoms with van der Waals surface area (Å²) in [5.41, 5.74) is 1.50. The fraction of sp³-hybridized carbons (Fsp3) is 0.647. The third-order valence-electron chi connectivity index (χ3n) is 5.89. The molecule has 0 aromatic carbocycles. The molecule has 0 unspecified atom stereocenters. The van der Waals surface area contributed by atoms with Gasteiger partial charge in [0.05, 0.1) is 0 Å². The normalized spacial score (nSPS) is 44.4. The topological polar surface area (TPSA) is 34.1 Å². The van der Waals surface area contributed by atoms with Crippen molar-refractivity contribution >= 4 is 11.6 Å². The van der Waals surface area contributed by atoms with Crippen LogP contribution in [-0.4, -0.2) is 11.6 Å². The monoisotopic (exact) mass is 256 g/mol. The predicted molar refractivity (Wildman–Crippen MR) is 72.5 cm³/mol. The first-order chi connectivity index (χ1) is 9.06. The average Bonchev–Trinajstić information content (AvgIpc) is 2.32. The van der Waals surface area contributed by atoms with Gasteiger partial charge in [-0.2, -0.15) is 0 Å². The maximum Gasteiger partial charge on any atom is 0.182 e. The van der Waals surface area contributed by atoms with Gasteiger partial charge in [0.2, 0.25) is 0 Å². The molecular weight excluding hydrogens is 236 g/mol. The molecular formula is C17H20O2. The number of carbonyl (C=O) groups is 2. The van der Waals surface area contributed by atoms with Crippen molar-refractivity contribution in [3.8, 4) is 0 Å². The minimum atomic E-state index is 0.0466. The second-order valence-electron chi connectivity index (χ2n) is 7.31. The van der Waals surface area contributed by atoms with Gasteiger partial charge in [0.1, 0.15) is 0 Å². The standard InChI is InChI=1S/C17H20O2/c1-10-2-16(19)14(6-15(10)18)17-7-11-3-12(8-17)5-13(4-11)9-17/h2,6,11-13H,3-5,7-9H2,1H3. The highest BCUT2D eigenvalue weighted by Gasteiger charge is 2.53. The van der Waals surface area contributed by atoms with E-state index in [1.165, 1.54) is 19.3 Å². The molecule has 4 saturated carbocycles. The maximum atomic E-state index is 12.4. The van der Waals surface area contributed by atoms with E-state index in [2.05, 4.69) is 0 Å². The molecule has 4 fully saturated rings. The van der Waals surface area contributed by atoms with Gasteiger partial charge < -0.3 is 0 Å². The van der Waals surface area contributed by atoms with Crippen molar-refractivity contribution in [2.45, 2.75) is 45.4 Å². The summed E-state index contributed by atoms with van der Waals surface area (Å²) in [6.45, 7) is 1.74. The van der Waals surface area contributed by atoms with Crippen LogP contribution in [0.3, 0.4) is 0 Å².